The number of hydrogen-bond donors (Lipinski definition) is 0. The van der Waals surface area contributed by atoms with Crippen LogP contribution in [0.25, 0.3) is 88.0 Å². The Morgan fingerprint density at radius 2 is 0.625 bits per heavy atom. The molecule has 0 aliphatic carbocycles. The van der Waals surface area contributed by atoms with Crippen LogP contribution in [-0.4, -0.2) is 9.13 Å². The molecule has 0 saturated carbocycles. The van der Waals surface area contributed by atoms with E-state index in [1.165, 1.54) is 76.6 Å². The molecule has 0 N–H and O–H groups in total. The van der Waals surface area contributed by atoms with Gasteiger partial charge < -0.3 is 9.13 Å². The van der Waals surface area contributed by atoms with Crippen LogP contribution in [0.3, 0.4) is 0 Å². The fourth-order valence-electron chi connectivity index (χ4n) is 7.80. The molecule has 0 amide bonds. The van der Waals surface area contributed by atoms with E-state index in [1.54, 1.807) is 0 Å². The van der Waals surface area contributed by atoms with Crippen LogP contribution < -0.4 is 0 Å². The predicted molar refractivity (Wildman–Crippen MR) is 203 cm³/mol. The van der Waals surface area contributed by atoms with Crippen LogP contribution in [0.5, 0.6) is 0 Å². The van der Waals surface area contributed by atoms with Crippen LogP contribution in [0.2, 0.25) is 0 Å². The molecule has 0 aliphatic rings. The quantitative estimate of drug-likeness (QED) is 0.188. The lowest BCUT2D eigenvalue weighted by atomic mass is 9.99. The third kappa shape index (κ3) is 3.93. The molecule has 0 unspecified atom stereocenters. The molecule has 0 radical (unpaired) electrons. The first-order chi connectivity index (χ1) is 23.8. The summed E-state index contributed by atoms with van der Waals surface area (Å²) >= 11 is 0. The van der Waals surface area contributed by atoms with Gasteiger partial charge in [-0.15, -0.1) is 0 Å². The fourth-order valence-corrected chi connectivity index (χ4v) is 7.80. The van der Waals surface area contributed by atoms with Crippen molar-refractivity contribution < 1.29 is 0 Å². The van der Waals surface area contributed by atoms with E-state index in [1.807, 2.05) is 0 Å². The Hall–Kier alpha value is -6.38. The Labute approximate surface area is 278 Å². The van der Waals surface area contributed by atoms with E-state index in [4.69, 9.17) is 0 Å². The number of benzene rings is 8. The highest BCUT2D eigenvalue weighted by molar-refractivity contribution is 6.36. The summed E-state index contributed by atoms with van der Waals surface area (Å²) in [6.07, 6.45) is 0. The molecule has 48 heavy (non-hydrogen) atoms. The molecule has 0 fully saturated rings. The number of rotatable bonds is 4. The monoisotopic (exact) mass is 610 g/mol. The van der Waals surface area contributed by atoms with Crippen LogP contribution >= 0.6 is 0 Å². The maximum atomic E-state index is 2.49. The third-order valence-corrected chi connectivity index (χ3v) is 9.90. The van der Waals surface area contributed by atoms with Crippen molar-refractivity contribution in [3.05, 3.63) is 182 Å². The minimum Gasteiger partial charge on any atom is -0.309 e. The van der Waals surface area contributed by atoms with E-state index in [9.17, 15) is 0 Å². The van der Waals surface area contributed by atoms with Gasteiger partial charge in [0.25, 0.3) is 0 Å². The molecule has 0 saturated heterocycles. The maximum absolute atomic E-state index is 2.49. The van der Waals surface area contributed by atoms with Gasteiger partial charge in [-0.3, -0.25) is 0 Å². The van der Waals surface area contributed by atoms with E-state index >= 15 is 0 Å². The summed E-state index contributed by atoms with van der Waals surface area (Å²) in [5.74, 6) is 0. The van der Waals surface area contributed by atoms with Gasteiger partial charge in [-0.25, -0.2) is 0 Å². The molecular formula is C46H30N2. The van der Waals surface area contributed by atoms with Crippen LogP contribution in [-0.2, 0) is 0 Å². The number of aromatic nitrogens is 2. The van der Waals surface area contributed by atoms with Crippen molar-refractivity contribution in [2.75, 3.05) is 0 Å². The zero-order valence-corrected chi connectivity index (χ0v) is 26.2. The van der Waals surface area contributed by atoms with Gasteiger partial charge in [-0.1, -0.05) is 146 Å². The van der Waals surface area contributed by atoms with Gasteiger partial charge in [0, 0.05) is 38.3 Å². The zero-order valence-electron chi connectivity index (χ0n) is 26.2. The Morgan fingerprint density at radius 3 is 1.15 bits per heavy atom. The molecular weight excluding hydrogens is 581 g/mol. The van der Waals surface area contributed by atoms with Crippen molar-refractivity contribution in [1.82, 2.24) is 9.13 Å². The summed E-state index contributed by atoms with van der Waals surface area (Å²) in [5.41, 5.74) is 12.1. The summed E-state index contributed by atoms with van der Waals surface area (Å²) in [6, 6.07) is 66.0. The number of hydrogen-bond acceptors (Lipinski definition) is 0. The predicted octanol–water partition coefficient (Wildman–Crippen LogP) is 12.4. The van der Waals surface area contributed by atoms with Crippen molar-refractivity contribution in [1.29, 1.82) is 0 Å². The molecule has 10 rings (SSSR count). The molecule has 0 spiro atoms. The number of para-hydroxylation sites is 2. The largest absolute Gasteiger partial charge is 0.309 e. The minimum atomic E-state index is 1.15. The highest BCUT2D eigenvalue weighted by atomic mass is 15.0. The second kappa shape index (κ2) is 10.6. The average Bonchev–Trinajstić information content (AvgIpc) is 3.70. The van der Waals surface area contributed by atoms with Crippen LogP contribution in [0.4, 0.5) is 0 Å². The molecule has 0 aliphatic heterocycles. The molecule has 2 nitrogen and oxygen atoms in total. The van der Waals surface area contributed by atoms with Crippen molar-refractivity contribution in [2.45, 2.75) is 0 Å². The van der Waals surface area contributed by atoms with Gasteiger partial charge in [0.15, 0.2) is 0 Å². The Balaban J connectivity index is 1.34. The maximum Gasteiger partial charge on any atom is 0.0647 e. The topological polar surface area (TPSA) is 9.86 Å². The third-order valence-electron chi connectivity index (χ3n) is 9.90. The van der Waals surface area contributed by atoms with Gasteiger partial charge in [-0.2, -0.15) is 0 Å². The highest BCUT2D eigenvalue weighted by Crippen LogP contribution is 2.46. The summed E-state index contributed by atoms with van der Waals surface area (Å²) in [4.78, 5) is 0. The molecule has 2 aromatic heterocycles. The van der Waals surface area contributed by atoms with Crippen molar-refractivity contribution >= 4 is 54.4 Å². The standard InChI is InChI=1S/C46H30N2/c1-3-13-31(14-4-1)33-23-27-35(28-24-33)47-42-22-12-10-20-40(42)44-45(47)38-18-8-7-17-37(38)43-39-19-9-11-21-41(39)48(46(43)44)36-29-25-34(26-30-36)32-15-5-2-6-16-32/h1-30H. The Kier molecular flexibility index (Phi) is 5.91. The van der Waals surface area contributed by atoms with Gasteiger partial charge >= 0.3 is 0 Å². The van der Waals surface area contributed by atoms with E-state index in [-0.39, 0.29) is 0 Å². The van der Waals surface area contributed by atoms with Gasteiger partial charge in [0.05, 0.1) is 22.1 Å². The lowest BCUT2D eigenvalue weighted by Crippen LogP contribution is -1.97. The molecule has 10 aromatic rings. The lowest BCUT2D eigenvalue weighted by molar-refractivity contribution is 1.18. The molecule has 2 heteroatoms. The zero-order chi connectivity index (χ0) is 31.6. The molecule has 0 bridgehead atoms. The summed E-state index contributed by atoms with van der Waals surface area (Å²) in [5, 5.41) is 7.60. The highest BCUT2D eigenvalue weighted by Gasteiger charge is 2.24. The molecule has 8 aromatic carbocycles. The minimum absolute atomic E-state index is 1.15. The van der Waals surface area contributed by atoms with E-state index in [0.717, 1.165) is 11.4 Å². The Morgan fingerprint density at radius 1 is 0.250 bits per heavy atom. The van der Waals surface area contributed by atoms with Crippen molar-refractivity contribution in [3.8, 4) is 33.6 Å². The first-order valence-electron chi connectivity index (χ1n) is 16.5. The lowest BCUT2D eigenvalue weighted by Gasteiger charge is -2.14. The van der Waals surface area contributed by atoms with Crippen LogP contribution in [0.15, 0.2) is 182 Å². The van der Waals surface area contributed by atoms with E-state index < -0.39 is 0 Å². The second-order valence-corrected chi connectivity index (χ2v) is 12.5. The fraction of sp³-hybridized carbons (Fsp3) is 0. The molecule has 224 valence electrons. The van der Waals surface area contributed by atoms with Crippen molar-refractivity contribution in [3.63, 3.8) is 0 Å². The summed E-state index contributed by atoms with van der Waals surface area (Å²) in [7, 11) is 0. The second-order valence-electron chi connectivity index (χ2n) is 12.5. The SMILES string of the molecule is c1ccc(-c2ccc(-n3c4ccccc4c4c3c3ccccc3c3c5ccccc5n(-c5ccc(-c6ccccc6)cc5)c34)cc2)cc1. The van der Waals surface area contributed by atoms with E-state index in [2.05, 4.69) is 191 Å². The number of fused-ring (bicyclic) bond motifs is 10. The number of nitrogens with zero attached hydrogens (tertiary/aromatic N) is 2. The van der Waals surface area contributed by atoms with Crippen LogP contribution in [0.1, 0.15) is 0 Å². The first-order valence-corrected chi connectivity index (χ1v) is 16.5. The first kappa shape index (κ1) is 26.8. The normalized spacial score (nSPS) is 11.8. The van der Waals surface area contributed by atoms with E-state index in [0.29, 0.717) is 0 Å². The Bertz CT molecular complexity index is 2780. The van der Waals surface area contributed by atoms with Gasteiger partial charge in [0.1, 0.15) is 0 Å². The summed E-state index contributed by atoms with van der Waals surface area (Å²) in [6.45, 7) is 0. The van der Waals surface area contributed by atoms with Crippen molar-refractivity contribution in [2.24, 2.45) is 0 Å². The summed E-state index contributed by atoms with van der Waals surface area (Å²) < 4.78 is 4.96. The van der Waals surface area contributed by atoms with Gasteiger partial charge in [0.2, 0.25) is 0 Å². The van der Waals surface area contributed by atoms with Gasteiger partial charge in [-0.05, 0) is 64.0 Å². The molecule has 0 atom stereocenters. The molecule has 2 heterocycles. The van der Waals surface area contributed by atoms with Crippen LogP contribution in [0, 0.1) is 0 Å². The average molecular weight is 611 g/mol. The smallest absolute Gasteiger partial charge is 0.0647 e.